The maximum atomic E-state index is 12.3. The number of hydrogen-bond acceptors (Lipinski definition) is 3. The number of amides is 2. The molecule has 1 N–H and O–H groups in total. The van der Waals surface area contributed by atoms with Crippen LogP contribution in [0.1, 0.15) is 19.8 Å². The Kier molecular flexibility index (Phi) is 4.04. The van der Waals surface area contributed by atoms with Gasteiger partial charge in [-0.15, -0.1) is 0 Å². The highest BCUT2D eigenvalue weighted by Crippen LogP contribution is 2.21. The number of aromatic nitrogens is 1. The molecule has 3 rings (SSSR count). The first-order valence-corrected chi connectivity index (χ1v) is 7.54. The van der Waals surface area contributed by atoms with Crippen LogP contribution in [-0.4, -0.2) is 34.8 Å². The van der Waals surface area contributed by atoms with Crippen molar-refractivity contribution in [1.29, 1.82) is 0 Å². The zero-order valence-corrected chi connectivity index (χ0v) is 12.6. The van der Waals surface area contributed by atoms with E-state index in [0.29, 0.717) is 13.1 Å². The SMILES string of the molecule is CC(=O)N1CCC(C(=O)Nc2ccc3ncccc3c2)CC1. The van der Waals surface area contributed by atoms with Crippen LogP contribution in [0.3, 0.4) is 0 Å². The molecule has 1 aliphatic heterocycles. The molecule has 0 bridgehead atoms. The van der Waals surface area contributed by atoms with Crippen LogP contribution in [0.25, 0.3) is 10.9 Å². The summed E-state index contributed by atoms with van der Waals surface area (Å²) in [4.78, 5) is 29.7. The molecular weight excluding hydrogens is 278 g/mol. The number of carbonyl (C=O) groups excluding carboxylic acids is 2. The molecule has 2 aromatic rings. The lowest BCUT2D eigenvalue weighted by atomic mass is 9.95. The predicted molar refractivity (Wildman–Crippen MR) is 85.4 cm³/mol. The van der Waals surface area contributed by atoms with Gasteiger partial charge < -0.3 is 10.2 Å². The highest BCUT2D eigenvalue weighted by Gasteiger charge is 2.25. The summed E-state index contributed by atoms with van der Waals surface area (Å²) in [5.74, 6) is 0.0903. The summed E-state index contributed by atoms with van der Waals surface area (Å²) in [6, 6.07) is 9.57. The van der Waals surface area contributed by atoms with Gasteiger partial charge in [-0.3, -0.25) is 14.6 Å². The second-order valence-corrected chi connectivity index (χ2v) is 5.68. The van der Waals surface area contributed by atoms with Crippen molar-refractivity contribution in [3.63, 3.8) is 0 Å². The third-order valence-electron chi connectivity index (χ3n) is 4.18. The second kappa shape index (κ2) is 6.13. The van der Waals surface area contributed by atoms with Crippen molar-refractivity contribution in [2.24, 2.45) is 5.92 Å². The van der Waals surface area contributed by atoms with Gasteiger partial charge in [-0.05, 0) is 37.1 Å². The van der Waals surface area contributed by atoms with Crippen molar-refractivity contribution < 1.29 is 9.59 Å². The molecule has 22 heavy (non-hydrogen) atoms. The van der Waals surface area contributed by atoms with E-state index in [-0.39, 0.29) is 17.7 Å². The average molecular weight is 297 g/mol. The molecule has 1 fully saturated rings. The van der Waals surface area contributed by atoms with Crippen LogP contribution in [0.2, 0.25) is 0 Å². The minimum Gasteiger partial charge on any atom is -0.343 e. The molecule has 0 atom stereocenters. The Balaban J connectivity index is 1.65. The van der Waals surface area contributed by atoms with Gasteiger partial charge in [0.25, 0.3) is 0 Å². The van der Waals surface area contributed by atoms with Gasteiger partial charge in [0.05, 0.1) is 5.52 Å². The number of piperidine rings is 1. The average Bonchev–Trinajstić information content (AvgIpc) is 2.55. The Bertz CT molecular complexity index is 706. The largest absolute Gasteiger partial charge is 0.343 e. The van der Waals surface area contributed by atoms with Crippen LogP contribution in [0.5, 0.6) is 0 Å². The summed E-state index contributed by atoms with van der Waals surface area (Å²) in [5.41, 5.74) is 1.70. The Morgan fingerprint density at radius 3 is 2.73 bits per heavy atom. The normalized spacial score (nSPS) is 15.8. The topological polar surface area (TPSA) is 62.3 Å². The lowest BCUT2D eigenvalue weighted by Crippen LogP contribution is -2.40. The molecule has 5 nitrogen and oxygen atoms in total. The molecule has 1 aliphatic rings. The monoisotopic (exact) mass is 297 g/mol. The first kappa shape index (κ1) is 14.5. The molecule has 5 heteroatoms. The number of anilines is 1. The summed E-state index contributed by atoms with van der Waals surface area (Å²) >= 11 is 0. The molecule has 0 spiro atoms. The van der Waals surface area contributed by atoms with Gasteiger partial charge in [0.2, 0.25) is 11.8 Å². The molecule has 114 valence electrons. The van der Waals surface area contributed by atoms with E-state index in [4.69, 9.17) is 0 Å². The summed E-state index contributed by atoms with van der Waals surface area (Å²) in [7, 11) is 0. The van der Waals surface area contributed by atoms with Gasteiger partial charge >= 0.3 is 0 Å². The highest BCUT2D eigenvalue weighted by molar-refractivity contribution is 5.95. The van der Waals surface area contributed by atoms with Crippen molar-refractivity contribution in [3.8, 4) is 0 Å². The number of carbonyl (C=O) groups is 2. The summed E-state index contributed by atoms with van der Waals surface area (Å²) in [5, 5.41) is 3.98. The fourth-order valence-electron chi connectivity index (χ4n) is 2.85. The van der Waals surface area contributed by atoms with Gasteiger partial charge in [0.1, 0.15) is 0 Å². The van der Waals surface area contributed by atoms with Gasteiger partial charge in [-0.25, -0.2) is 0 Å². The molecule has 0 radical (unpaired) electrons. The van der Waals surface area contributed by atoms with E-state index in [2.05, 4.69) is 10.3 Å². The highest BCUT2D eigenvalue weighted by atomic mass is 16.2. The second-order valence-electron chi connectivity index (χ2n) is 5.68. The van der Waals surface area contributed by atoms with Crippen LogP contribution in [-0.2, 0) is 9.59 Å². The number of hydrogen-bond donors (Lipinski definition) is 1. The van der Waals surface area contributed by atoms with Gasteiger partial charge in [-0.1, -0.05) is 6.07 Å². The van der Waals surface area contributed by atoms with Crippen LogP contribution in [0.4, 0.5) is 5.69 Å². The Morgan fingerprint density at radius 1 is 1.23 bits per heavy atom. The Morgan fingerprint density at radius 2 is 2.00 bits per heavy atom. The fraction of sp³-hybridized carbons (Fsp3) is 0.353. The lowest BCUT2D eigenvalue weighted by molar-refractivity contribution is -0.132. The Hall–Kier alpha value is -2.43. The van der Waals surface area contributed by atoms with E-state index in [9.17, 15) is 9.59 Å². The van der Waals surface area contributed by atoms with E-state index in [1.807, 2.05) is 30.3 Å². The Labute approximate surface area is 129 Å². The van der Waals surface area contributed by atoms with Gasteiger partial charge in [0.15, 0.2) is 0 Å². The molecule has 2 amide bonds. The zero-order valence-electron chi connectivity index (χ0n) is 12.6. The molecule has 0 aliphatic carbocycles. The molecule has 1 aromatic carbocycles. The number of nitrogens with one attached hydrogen (secondary N) is 1. The third kappa shape index (κ3) is 3.08. The van der Waals surface area contributed by atoms with Crippen molar-refractivity contribution in [2.75, 3.05) is 18.4 Å². The molecule has 1 saturated heterocycles. The number of fused-ring (bicyclic) bond motifs is 1. The van der Waals surface area contributed by atoms with Crippen LogP contribution in [0, 0.1) is 5.92 Å². The quantitative estimate of drug-likeness (QED) is 0.926. The van der Waals surface area contributed by atoms with E-state index >= 15 is 0 Å². The number of rotatable bonds is 2. The summed E-state index contributed by atoms with van der Waals surface area (Å²) < 4.78 is 0. The van der Waals surface area contributed by atoms with Crippen LogP contribution < -0.4 is 5.32 Å². The van der Waals surface area contributed by atoms with E-state index < -0.39 is 0 Å². The lowest BCUT2D eigenvalue weighted by Gasteiger charge is -2.30. The third-order valence-corrected chi connectivity index (χ3v) is 4.18. The number of nitrogens with zero attached hydrogens (tertiary/aromatic N) is 2. The molecular formula is C17H19N3O2. The molecule has 0 saturated carbocycles. The van der Waals surface area contributed by atoms with Crippen molar-refractivity contribution in [3.05, 3.63) is 36.5 Å². The standard InChI is InChI=1S/C17H19N3O2/c1-12(21)20-9-6-13(7-10-20)17(22)19-15-4-5-16-14(11-15)3-2-8-18-16/h2-5,8,11,13H,6-7,9-10H2,1H3,(H,19,22). The number of pyridine rings is 1. The smallest absolute Gasteiger partial charge is 0.227 e. The van der Waals surface area contributed by atoms with E-state index in [1.165, 1.54) is 0 Å². The predicted octanol–water partition coefficient (Wildman–Crippen LogP) is 2.43. The van der Waals surface area contributed by atoms with Gasteiger partial charge in [0, 0.05) is 43.2 Å². The van der Waals surface area contributed by atoms with E-state index in [1.54, 1.807) is 18.0 Å². The first-order valence-electron chi connectivity index (χ1n) is 7.54. The number of benzene rings is 1. The van der Waals surface area contributed by atoms with Crippen molar-refractivity contribution in [2.45, 2.75) is 19.8 Å². The maximum Gasteiger partial charge on any atom is 0.227 e. The number of likely N-dealkylation sites (tertiary alicyclic amines) is 1. The maximum absolute atomic E-state index is 12.3. The van der Waals surface area contributed by atoms with Crippen molar-refractivity contribution >= 4 is 28.4 Å². The van der Waals surface area contributed by atoms with Crippen LogP contribution in [0.15, 0.2) is 36.5 Å². The minimum absolute atomic E-state index is 0.0276. The molecule has 1 aromatic heterocycles. The van der Waals surface area contributed by atoms with E-state index in [0.717, 1.165) is 29.4 Å². The molecule has 0 unspecified atom stereocenters. The van der Waals surface area contributed by atoms with Crippen molar-refractivity contribution in [1.82, 2.24) is 9.88 Å². The fourth-order valence-corrected chi connectivity index (χ4v) is 2.85. The summed E-state index contributed by atoms with van der Waals surface area (Å²) in [6.45, 7) is 2.90. The zero-order chi connectivity index (χ0) is 15.5. The van der Waals surface area contributed by atoms with Gasteiger partial charge in [-0.2, -0.15) is 0 Å². The molecule has 2 heterocycles. The minimum atomic E-state index is -0.0276. The van der Waals surface area contributed by atoms with Crippen LogP contribution >= 0.6 is 0 Å². The summed E-state index contributed by atoms with van der Waals surface area (Å²) in [6.07, 6.45) is 3.20. The first-order chi connectivity index (χ1) is 10.6.